The van der Waals surface area contributed by atoms with E-state index in [2.05, 4.69) is 35.6 Å². The number of ether oxygens (including phenoxy) is 2. The molecule has 1 aliphatic rings. The van der Waals surface area contributed by atoms with Crippen molar-refractivity contribution < 1.29 is 9.47 Å². The van der Waals surface area contributed by atoms with Gasteiger partial charge in [-0.15, -0.1) is 0 Å². The summed E-state index contributed by atoms with van der Waals surface area (Å²) in [5.41, 5.74) is 2.49. The van der Waals surface area contributed by atoms with Gasteiger partial charge in [-0.05, 0) is 23.3 Å². The summed E-state index contributed by atoms with van der Waals surface area (Å²) in [5, 5.41) is 3.41. The third kappa shape index (κ3) is 2.46. The Bertz CT molecular complexity index is 525. The van der Waals surface area contributed by atoms with Crippen molar-refractivity contribution in [1.82, 2.24) is 5.32 Å². The molecule has 0 aromatic heterocycles. The van der Waals surface area contributed by atoms with Gasteiger partial charge in [-0.2, -0.15) is 0 Å². The second kappa shape index (κ2) is 5.10. The van der Waals surface area contributed by atoms with Gasteiger partial charge < -0.3 is 14.8 Å². The molecule has 2 aromatic rings. The molecule has 3 heteroatoms. The lowest BCUT2D eigenvalue weighted by Gasteiger charge is -2.06. The second-order valence-electron chi connectivity index (χ2n) is 4.28. The highest BCUT2D eigenvalue weighted by Gasteiger charge is 2.12. The first-order valence-electron chi connectivity index (χ1n) is 6.05. The number of nitrogens with one attached hydrogen (secondary N) is 1. The number of benzene rings is 2. The van der Waals surface area contributed by atoms with Gasteiger partial charge in [0, 0.05) is 13.1 Å². The summed E-state index contributed by atoms with van der Waals surface area (Å²) < 4.78 is 10.6. The van der Waals surface area contributed by atoms with Gasteiger partial charge in [0.25, 0.3) is 0 Å². The van der Waals surface area contributed by atoms with Gasteiger partial charge in [0.2, 0.25) is 6.79 Å². The molecular formula is C15H15NO2. The Morgan fingerprint density at radius 1 is 0.833 bits per heavy atom. The van der Waals surface area contributed by atoms with Crippen LogP contribution in [0.1, 0.15) is 11.1 Å². The maximum atomic E-state index is 5.35. The van der Waals surface area contributed by atoms with Gasteiger partial charge in [-0.3, -0.25) is 0 Å². The van der Waals surface area contributed by atoms with Crippen molar-refractivity contribution in [3.05, 3.63) is 59.7 Å². The molecule has 0 radical (unpaired) electrons. The molecule has 1 N–H and O–H groups in total. The minimum Gasteiger partial charge on any atom is -0.454 e. The summed E-state index contributed by atoms with van der Waals surface area (Å²) in [6.07, 6.45) is 0. The lowest BCUT2D eigenvalue weighted by atomic mass is 10.2. The smallest absolute Gasteiger partial charge is 0.231 e. The van der Waals surface area contributed by atoms with Crippen LogP contribution in [0.25, 0.3) is 0 Å². The summed E-state index contributed by atoms with van der Waals surface area (Å²) in [5.74, 6) is 1.68. The summed E-state index contributed by atoms with van der Waals surface area (Å²) in [7, 11) is 0. The second-order valence-corrected chi connectivity index (χ2v) is 4.28. The van der Waals surface area contributed by atoms with Crippen LogP contribution >= 0.6 is 0 Å². The van der Waals surface area contributed by atoms with Crippen molar-refractivity contribution in [1.29, 1.82) is 0 Å². The van der Waals surface area contributed by atoms with E-state index >= 15 is 0 Å². The Labute approximate surface area is 106 Å². The third-order valence-electron chi connectivity index (χ3n) is 2.94. The molecule has 0 saturated carbocycles. The molecule has 18 heavy (non-hydrogen) atoms. The van der Waals surface area contributed by atoms with Gasteiger partial charge in [-0.25, -0.2) is 0 Å². The normalized spacial score (nSPS) is 12.7. The van der Waals surface area contributed by atoms with Gasteiger partial charge in [-0.1, -0.05) is 36.4 Å². The van der Waals surface area contributed by atoms with E-state index in [9.17, 15) is 0 Å². The molecule has 0 fully saturated rings. The van der Waals surface area contributed by atoms with Crippen LogP contribution in [0, 0.1) is 0 Å². The van der Waals surface area contributed by atoms with Gasteiger partial charge in [0.1, 0.15) is 0 Å². The van der Waals surface area contributed by atoms with E-state index in [1.54, 1.807) is 0 Å². The predicted molar refractivity (Wildman–Crippen MR) is 69.6 cm³/mol. The standard InChI is InChI=1S/C15H15NO2/c1-2-4-12(5-3-1)9-16-10-13-6-7-14-15(8-13)18-11-17-14/h1-8,16H,9-11H2. The van der Waals surface area contributed by atoms with Crippen LogP contribution in [0.5, 0.6) is 11.5 Å². The number of hydrogen-bond acceptors (Lipinski definition) is 3. The van der Waals surface area contributed by atoms with Crippen LogP contribution in [-0.2, 0) is 13.1 Å². The summed E-state index contributed by atoms with van der Waals surface area (Å²) in [6, 6.07) is 16.4. The van der Waals surface area contributed by atoms with Crippen LogP contribution < -0.4 is 14.8 Å². The monoisotopic (exact) mass is 241 g/mol. The number of rotatable bonds is 4. The van der Waals surface area contributed by atoms with E-state index < -0.39 is 0 Å². The van der Waals surface area contributed by atoms with E-state index in [4.69, 9.17) is 9.47 Å². The molecule has 3 rings (SSSR count). The topological polar surface area (TPSA) is 30.5 Å². The van der Waals surface area contributed by atoms with Gasteiger partial charge in [0.15, 0.2) is 11.5 Å². The van der Waals surface area contributed by atoms with E-state index in [0.717, 1.165) is 24.6 Å². The van der Waals surface area contributed by atoms with Crippen molar-refractivity contribution in [2.24, 2.45) is 0 Å². The molecule has 0 unspecified atom stereocenters. The number of hydrogen-bond donors (Lipinski definition) is 1. The zero-order valence-electron chi connectivity index (χ0n) is 10.1. The molecule has 0 amide bonds. The lowest BCUT2D eigenvalue weighted by Crippen LogP contribution is -2.12. The predicted octanol–water partition coefficient (Wildman–Crippen LogP) is 2.71. The summed E-state index contributed by atoms with van der Waals surface area (Å²) in [6.45, 7) is 2.02. The fourth-order valence-corrected chi connectivity index (χ4v) is 2.00. The molecule has 3 nitrogen and oxygen atoms in total. The van der Waals surface area contributed by atoms with Gasteiger partial charge >= 0.3 is 0 Å². The van der Waals surface area contributed by atoms with E-state index in [0.29, 0.717) is 6.79 Å². The van der Waals surface area contributed by atoms with Crippen LogP contribution in [0.15, 0.2) is 48.5 Å². The molecule has 0 atom stereocenters. The highest BCUT2D eigenvalue weighted by atomic mass is 16.7. The molecule has 0 aliphatic carbocycles. The fourth-order valence-electron chi connectivity index (χ4n) is 2.00. The molecule has 1 aliphatic heterocycles. The van der Waals surface area contributed by atoms with Crippen LogP contribution in [-0.4, -0.2) is 6.79 Å². The molecular weight excluding hydrogens is 226 g/mol. The maximum absolute atomic E-state index is 5.35. The Morgan fingerprint density at radius 2 is 1.61 bits per heavy atom. The minimum absolute atomic E-state index is 0.330. The lowest BCUT2D eigenvalue weighted by molar-refractivity contribution is 0.174. The van der Waals surface area contributed by atoms with Crippen molar-refractivity contribution in [3.8, 4) is 11.5 Å². The molecule has 92 valence electrons. The van der Waals surface area contributed by atoms with Crippen molar-refractivity contribution in [2.45, 2.75) is 13.1 Å². The first-order valence-corrected chi connectivity index (χ1v) is 6.05. The van der Waals surface area contributed by atoms with Gasteiger partial charge in [0.05, 0.1) is 0 Å². The molecule has 1 heterocycles. The summed E-state index contributed by atoms with van der Waals surface area (Å²) >= 11 is 0. The van der Waals surface area contributed by atoms with Crippen LogP contribution in [0.4, 0.5) is 0 Å². The van der Waals surface area contributed by atoms with E-state index in [1.165, 1.54) is 11.1 Å². The van der Waals surface area contributed by atoms with Crippen LogP contribution in [0.2, 0.25) is 0 Å². The maximum Gasteiger partial charge on any atom is 0.231 e. The molecule has 0 spiro atoms. The Balaban J connectivity index is 1.57. The average molecular weight is 241 g/mol. The van der Waals surface area contributed by atoms with Crippen LogP contribution in [0.3, 0.4) is 0 Å². The first kappa shape index (κ1) is 11.1. The Kier molecular flexibility index (Phi) is 3.15. The minimum atomic E-state index is 0.330. The zero-order chi connectivity index (χ0) is 12.2. The van der Waals surface area contributed by atoms with E-state index in [-0.39, 0.29) is 0 Å². The summed E-state index contributed by atoms with van der Waals surface area (Å²) in [4.78, 5) is 0. The highest BCUT2D eigenvalue weighted by molar-refractivity contribution is 5.44. The third-order valence-corrected chi connectivity index (χ3v) is 2.94. The van der Waals surface area contributed by atoms with Crippen molar-refractivity contribution in [3.63, 3.8) is 0 Å². The Hall–Kier alpha value is -2.00. The zero-order valence-corrected chi connectivity index (χ0v) is 10.1. The Morgan fingerprint density at radius 3 is 2.50 bits per heavy atom. The fraction of sp³-hybridized carbons (Fsp3) is 0.200. The molecule has 0 saturated heterocycles. The average Bonchev–Trinajstić information content (AvgIpc) is 2.87. The first-order chi connectivity index (χ1) is 8.92. The van der Waals surface area contributed by atoms with Crippen molar-refractivity contribution >= 4 is 0 Å². The van der Waals surface area contributed by atoms with Crippen molar-refractivity contribution in [2.75, 3.05) is 6.79 Å². The quantitative estimate of drug-likeness (QED) is 0.892. The SMILES string of the molecule is c1ccc(CNCc2ccc3c(c2)OCO3)cc1. The molecule has 0 bridgehead atoms. The highest BCUT2D eigenvalue weighted by Crippen LogP contribution is 2.32. The largest absolute Gasteiger partial charge is 0.454 e. The van der Waals surface area contributed by atoms with E-state index in [1.807, 2.05) is 18.2 Å². The number of fused-ring (bicyclic) bond motifs is 1. The molecule has 2 aromatic carbocycles.